The number of imidazole rings is 1. The van der Waals surface area contributed by atoms with E-state index in [9.17, 15) is 0 Å². The molecule has 0 aromatic carbocycles. The Hall–Kier alpha value is -1.62. The van der Waals surface area contributed by atoms with Crippen LogP contribution in [0.3, 0.4) is 0 Å². The van der Waals surface area contributed by atoms with Crippen LogP contribution in [-0.4, -0.2) is 25.9 Å². The number of aryl methyl sites for hydroxylation is 2. The van der Waals surface area contributed by atoms with Gasteiger partial charge in [0.1, 0.15) is 0 Å². The molecule has 0 bridgehead atoms. The number of rotatable bonds is 3. The third-order valence-corrected chi connectivity index (χ3v) is 2.99. The van der Waals surface area contributed by atoms with Gasteiger partial charge in [-0.1, -0.05) is 0 Å². The minimum atomic E-state index is 0.906. The lowest BCUT2D eigenvalue weighted by Gasteiger charge is -2.15. The van der Waals surface area contributed by atoms with Crippen molar-refractivity contribution in [3.05, 3.63) is 36.2 Å². The smallest absolute Gasteiger partial charge is 0.0952 e. The molecule has 0 radical (unpaired) electrons. The van der Waals surface area contributed by atoms with Gasteiger partial charge < -0.3 is 9.88 Å². The standard InChI is InChI=1S/C11H15N5/c1-3-14-16(5-1)7-6-15-9-13-10-8-12-4-2-11(10)15/h1,3,5,9,12H,2,4,6-8H2. The van der Waals surface area contributed by atoms with Crippen LogP contribution in [0, 0.1) is 0 Å². The first-order valence-corrected chi connectivity index (χ1v) is 5.64. The molecule has 16 heavy (non-hydrogen) atoms. The Morgan fingerprint density at radius 3 is 3.25 bits per heavy atom. The van der Waals surface area contributed by atoms with Gasteiger partial charge in [-0.2, -0.15) is 5.10 Å². The Morgan fingerprint density at radius 2 is 2.38 bits per heavy atom. The second kappa shape index (κ2) is 4.09. The van der Waals surface area contributed by atoms with E-state index in [2.05, 4.69) is 20.0 Å². The molecule has 84 valence electrons. The molecule has 1 aliphatic rings. The van der Waals surface area contributed by atoms with Crippen LogP contribution in [0.4, 0.5) is 0 Å². The van der Waals surface area contributed by atoms with E-state index in [0.29, 0.717) is 0 Å². The third-order valence-electron chi connectivity index (χ3n) is 2.99. The van der Waals surface area contributed by atoms with Crippen molar-refractivity contribution < 1.29 is 0 Å². The molecule has 0 aliphatic carbocycles. The van der Waals surface area contributed by atoms with Crippen LogP contribution in [0.2, 0.25) is 0 Å². The first-order chi connectivity index (χ1) is 7.93. The highest BCUT2D eigenvalue weighted by Gasteiger charge is 2.14. The van der Waals surface area contributed by atoms with Gasteiger partial charge in [0, 0.05) is 44.1 Å². The van der Waals surface area contributed by atoms with Gasteiger partial charge in [0.2, 0.25) is 0 Å². The number of nitrogens with one attached hydrogen (secondary N) is 1. The van der Waals surface area contributed by atoms with E-state index in [1.54, 1.807) is 0 Å². The summed E-state index contributed by atoms with van der Waals surface area (Å²) in [6, 6.07) is 1.95. The van der Waals surface area contributed by atoms with Crippen molar-refractivity contribution in [3.8, 4) is 0 Å². The van der Waals surface area contributed by atoms with Gasteiger partial charge in [0.15, 0.2) is 0 Å². The molecule has 0 fully saturated rings. The molecule has 2 aromatic heterocycles. The molecule has 2 aromatic rings. The van der Waals surface area contributed by atoms with Crippen molar-refractivity contribution in [1.29, 1.82) is 0 Å². The SMILES string of the molecule is c1cnn(CCn2cnc3c2CCNC3)c1. The number of aromatic nitrogens is 4. The van der Waals surface area contributed by atoms with Crippen LogP contribution >= 0.6 is 0 Å². The minimum absolute atomic E-state index is 0.906. The van der Waals surface area contributed by atoms with Crippen LogP contribution in [-0.2, 0) is 26.1 Å². The monoisotopic (exact) mass is 217 g/mol. The normalized spacial score (nSPS) is 15.0. The lowest BCUT2D eigenvalue weighted by Crippen LogP contribution is -2.25. The van der Waals surface area contributed by atoms with Gasteiger partial charge in [-0.3, -0.25) is 4.68 Å². The van der Waals surface area contributed by atoms with Gasteiger partial charge in [0.05, 0.1) is 18.6 Å². The number of fused-ring (bicyclic) bond motifs is 1. The van der Waals surface area contributed by atoms with Crippen LogP contribution in [0.1, 0.15) is 11.4 Å². The molecular formula is C11H15N5. The summed E-state index contributed by atoms with van der Waals surface area (Å²) >= 11 is 0. The Morgan fingerprint density at radius 1 is 1.38 bits per heavy atom. The predicted molar refractivity (Wildman–Crippen MR) is 59.9 cm³/mol. The van der Waals surface area contributed by atoms with Crippen LogP contribution < -0.4 is 5.32 Å². The maximum Gasteiger partial charge on any atom is 0.0952 e. The third kappa shape index (κ3) is 1.74. The molecule has 0 saturated heterocycles. The molecule has 0 spiro atoms. The molecule has 3 heterocycles. The number of nitrogens with zero attached hydrogens (tertiary/aromatic N) is 4. The van der Waals surface area contributed by atoms with Gasteiger partial charge in [-0.05, 0) is 6.07 Å². The van der Waals surface area contributed by atoms with Crippen LogP contribution in [0.25, 0.3) is 0 Å². The molecular weight excluding hydrogens is 202 g/mol. The molecule has 3 rings (SSSR count). The Kier molecular flexibility index (Phi) is 2.46. The average Bonchev–Trinajstić information content (AvgIpc) is 2.96. The van der Waals surface area contributed by atoms with Gasteiger partial charge in [-0.25, -0.2) is 4.98 Å². The van der Waals surface area contributed by atoms with Crippen molar-refractivity contribution in [1.82, 2.24) is 24.6 Å². The maximum atomic E-state index is 4.43. The Balaban J connectivity index is 1.72. The van der Waals surface area contributed by atoms with E-state index in [0.717, 1.165) is 32.6 Å². The summed E-state index contributed by atoms with van der Waals surface area (Å²) < 4.78 is 4.20. The minimum Gasteiger partial charge on any atom is -0.332 e. The van der Waals surface area contributed by atoms with Crippen LogP contribution in [0.15, 0.2) is 24.8 Å². The fraction of sp³-hybridized carbons (Fsp3) is 0.455. The van der Waals surface area contributed by atoms with Crippen molar-refractivity contribution in [2.45, 2.75) is 26.1 Å². The zero-order chi connectivity index (χ0) is 10.8. The van der Waals surface area contributed by atoms with E-state index in [1.165, 1.54) is 11.4 Å². The fourth-order valence-electron chi connectivity index (χ4n) is 2.13. The summed E-state index contributed by atoms with van der Waals surface area (Å²) in [7, 11) is 0. The van der Waals surface area contributed by atoms with E-state index in [4.69, 9.17) is 0 Å². The number of hydrogen-bond donors (Lipinski definition) is 1. The molecule has 1 aliphatic heterocycles. The molecule has 1 N–H and O–H groups in total. The van der Waals surface area contributed by atoms with E-state index in [1.807, 2.05) is 29.5 Å². The second-order valence-corrected chi connectivity index (χ2v) is 4.03. The summed E-state index contributed by atoms with van der Waals surface area (Å²) in [6.07, 6.45) is 6.83. The lowest BCUT2D eigenvalue weighted by molar-refractivity contribution is 0.511. The van der Waals surface area contributed by atoms with Crippen molar-refractivity contribution in [3.63, 3.8) is 0 Å². The van der Waals surface area contributed by atoms with Gasteiger partial charge in [0.25, 0.3) is 0 Å². The van der Waals surface area contributed by atoms with Gasteiger partial charge >= 0.3 is 0 Å². The summed E-state index contributed by atoms with van der Waals surface area (Å²) in [5.41, 5.74) is 2.58. The van der Waals surface area contributed by atoms with E-state index in [-0.39, 0.29) is 0 Å². The topological polar surface area (TPSA) is 47.7 Å². The molecule has 5 heteroatoms. The summed E-state index contributed by atoms with van der Waals surface area (Å²) in [5.74, 6) is 0. The summed E-state index contributed by atoms with van der Waals surface area (Å²) in [4.78, 5) is 4.43. The zero-order valence-corrected chi connectivity index (χ0v) is 9.13. The molecule has 5 nitrogen and oxygen atoms in total. The first kappa shape index (κ1) is 9.59. The summed E-state index contributed by atoms with van der Waals surface area (Å²) in [6.45, 7) is 3.82. The van der Waals surface area contributed by atoms with E-state index >= 15 is 0 Å². The predicted octanol–water partition coefficient (Wildman–Crippen LogP) is 0.425. The van der Waals surface area contributed by atoms with Crippen molar-refractivity contribution in [2.24, 2.45) is 0 Å². The first-order valence-electron chi connectivity index (χ1n) is 5.64. The fourth-order valence-corrected chi connectivity index (χ4v) is 2.13. The molecule has 0 atom stereocenters. The van der Waals surface area contributed by atoms with Crippen molar-refractivity contribution >= 4 is 0 Å². The van der Waals surface area contributed by atoms with Gasteiger partial charge in [-0.15, -0.1) is 0 Å². The Labute approximate surface area is 94.1 Å². The quantitative estimate of drug-likeness (QED) is 0.811. The molecule has 0 saturated carbocycles. The Bertz CT molecular complexity index is 457. The second-order valence-electron chi connectivity index (χ2n) is 4.03. The number of hydrogen-bond acceptors (Lipinski definition) is 3. The van der Waals surface area contributed by atoms with Crippen LogP contribution in [0.5, 0.6) is 0 Å². The van der Waals surface area contributed by atoms with Crippen molar-refractivity contribution in [2.75, 3.05) is 6.54 Å². The highest BCUT2D eigenvalue weighted by molar-refractivity contribution is 5.16. The largest absolute Gasteiger partial charge is 0.332 e. The maximum absolute atomic E-state index is 4.43. The zero-order valence-electron chi connectivity index (χ0n) is 9.13. The lowest BCUT2D eigenvalue weighted by atomic mass is 10.2. The molecule has 0 unspecified atom stereocenters. The summed E-state index contributed by atoms with van der Waals surface area (Å²) in [5, 5.41) is 7.53. The highest BCUT2D eigenvalue weighted by atomic mass is 15.3. The van der Waals surface area contributed by atoms with E-state index < -0.39 is 0 Å². The average molecular weight is 217 g/mol. The molecule has 0 amide bonds. The highest BCUT2D eigenvalue weighted by Crippen LogP contribution is 2.12.